The van der Waals surface area contributed by atoms with Gasteiger partial charge in [-0.3, -0.25) is 14.6 Å². The van der Waals surface area contributed by atoms with Crippen molar-refractivity contribution in [2.75, 3.05) is 25.0 Å². The van der Waals surface area contributed by atoms with Crippen LogP contribution in [0.4, 0.5) is 5.69 Å². The lowest BCUT2D eigenvalue weighted by atomic mass is 9.82. The second-order valence-corrected chi connectivity index (χ2v) is 12.5. The van der Waals surface area contributed by atoms with E-state index in [0.29, 0.717) is 42.2 Å². The van der Waals surface area contributed by atoms with Crippen molar-refractivity contribution in [3.63, 3.8) is 0 Å². The topological polar surface area (TPSA) is 117 Å². The molecule has 0 spiro atoms. The summed E-state index contributed by atoms with van der Waals surface area (Å²) in [6, 6.07) is 18.8. The Morgan fingerprint density at radius 3 is 2.50 bits per heavy atom. The largest absolute Gasteiger partial charge is 0.478 e. The summed E-state index contributed by atoms with van der Waals surface area (Å²) >= 11 is 0. The molecule has 4 aromatic rings. The van der Waals surface area contributed by atoms with Gasteiger partial charge in [-0.15, -0.1) is 0 Å². The summed E-state index contributed by atoms with van der Waals surface area (Å²) in [4.78, 5) is 45.5. The van der Waals surface area contributed by atoms with Gasteiger partial charge in [0.2, 0.25) is 0 Å². The number of carboxylic acid groups (broad SMARTS) is 1. The fourth-order valence-corrected chi connectivity index (χ4v) is 7.11. The monoisotopic (exact) mass is 619 g/mol. The number of nitrogens with zero attached hydrogens (tertiary/aromatic N) is 3. The predicted molar refractivity (Wildman–Crippen MR) is 181 cm³/mol. The summed E-state index contributed by atoms with van der Waals surface area (Å²) in [6.45, 7) is 3.91. The number of carbonyl (C=O) groups is 3. The first-order valence-electron chi connectivity index (χ1n) is 16.2. The van der Waals surface area contributed by atoms with E-state index in [2.05, 4.69) is 32.2 Å². The molecule has 2 aromatic heterocycles. The minimum atomic E-state index is -1.11. The van der Waals surface area contributed by atoms with Gasteiger partial charge in [0.15, 0.2) is 0 Å². The third-order valence-electron chi connectivity index (χ3n) is 9.59. The predicted octanol–water partition coefficient (Wildman–Crippen LogP) is 6.22. The maximum Gasteiger partial charge on any atom is 0.328 e. The summed E-state index contributed by atoms with van der Waals surface area (Å²) in [5, 5.41) is 16.2. The molecule has 9 nitrogen and oxygen atoms in total. The lowest BCUT2D eigenvalue weighted by Gasteiger charge is -2.29. The standard InChI is InChI=1S/C37H41N5O4/c1-3-42-22-20-37(24-42,36(46)39-28-16-12-25(13-17-28)14-19-32(43)44)40-35(45)27-15-18-29-31(23-27)41(2)34(30-11-7-8-21-38-30)33(29)26-9-5-4-6-10-26/h7-8,11-19,21,23,26H,3-6,9-10,20,22,24H2,1-2H3,(H,39,46)(H,40,45)(H,43,44)/b19-14+/t37-/m0/s1. The summed E-state index contributed by atoms with van der Waals surface area (Å²) in [5.41, 5.74) is 5.01. The molecule has 2 fully saturated rings. The minimum Gasteiger partial charge on any atom is -0.478 e. The number of rotatable bonds is 9. The fraction of sp³-hybridized carbons (Fsp3) is 0.351. The molecule has 2 aromatic carbocycles. The summed E-state index contributed by atoms with van der Waals surface area (Å²) in [5.74, 6) is -1.14. The van der Waals surface area contributed by atoms with Crippen LogP contribution in [-0.2, 0) is 16.6 Å². The molecule has 3 N–H and O–H groups in total. The molecule has 238 valence electrons. The number of hydrogen-bond acceptors (Lipinski definition) is 5. The number of nitrogens with one attached hydrogen (secondary N) is 2. The molecule has 3 heterocycles. The second-order valence-electron chi connectivity index (χ2n) is 12.5. The van der Waals surface area contributed by atoms with Crippen LogP contribution in [0.25, 0.3) is 28.4 Å². The third kappa shape index (κ3) is 6.33. The van der Waals surface area contributed by atoms with Gasteiger partial charge in [-0.05, 0) is 85.3 Å². The first-order chi connectivity index (χ1) is 22.3. The molecule has 0 unspecified atom stereocenters. The van der Waals surface area contributed by atoms with Gasteiger partial charge in [0.05, 0.1) is 11.4 Å². The number of likely N-dealkylation sites (tertiary alicyclic amines) is 1. The van der Waals surface area contributed by atoms with Crippen molar-refractivity contribution in [1.29, 1.82) is 0 Å². The van der Waals surface area contributed by atoms with Crippen molar-refractivity contribution >= 4 is 40.4 Å². The van der Waals surface area contributed by atoms with Crippen LogP contribution in [0, 0.1) is 0 Å². The first kappa shape index (κ1) is 31.2. The average Bonchev–Trinajstić information content (AvgIpc) is 3.64. The number of likely N-dealkylation sites (N-methyl/N-ethyl adjacent to an activating group) is 1. The van der Waals surface area contributed by atoms with Gasteiger partial charge in [-0.1, -0.05) is 50.5 Å². The molecule has 1 aliphatic carbocycles. The van der Waals surface area contributed by atoms with Crippen LogP contribution in [0.15, 0.2) is 72.9 Å². The maximum absolute atomic E-state index is 14.0. The molecule has 6 rings (SSSR count). The van der Waals surface area contributed by atoms with E-state index in [1.165, 1.54) is 30.9 Å². The SMILES string of the molecule is CCN1CC[C@@](NC(=O)c2ccc3c(C4CCCCC4)c(-c4ccccn4)n(C)c3c2)(C(=O)Nc2ccc(/C=C/C(=O)O)cc2)C1. The molecule has 2 aliphatic rings. The number of aryl methyl sites for hydroxylation is 1. The van der Waals surface area contributed by atoms with E-state index in [1.54, 1.807) is 24.3 Å². The molecular formula is C37H41N5O4. The Morgan fingerprint density at radius 2 is 1.83 bits per heavy atom. The first-order valence-corrected chi connectivity index (χ1v) is 16.2. The van der Waals surface area contributed by atoms with E-state index >= 15 is 0 Å². The summed E-state index contributed by atoms with van der Waals surface area (Å²) in [7, 11) is 2.05. The van der Waals surface area contributed by atoms with Crippen molar-refractivity contribution < 1.29 is 19.5 Å². The van der Waals surface area contributed by atoms with Gasteiger partial charge in [0.25, 0.3) is 11.8 Å². The lowest BCUT2D eigenvalue weighted by Crippen LogP contribution is -2.58. The van der Waals surface area contributed by atoms with Gasteiger partial charge >= 0.3 is 5.97 Å². The smallest absolute Gasteiger partial charge is 0.328 e. The van der Waals surface area contributed by atoms with Crippen molar-refractivity contribution in [1.82, 2.24) is 19.8 Å². The minimum absolute atomic E-state index is 0.275. The Bertz CT molecular complexity index is 1770. The van der Waals surface area contributed by atoms with Crippen LogP contribution in [0.2, 0.25) is 0 Å². The van der Waals surface area contributed by atoms with Crippen LogP contribution >= 0.6 is 0 Å². The van der Waals surface area contributed by atoms with Crippen molar-refractivity contribution in [2.45, 2.75) is 56.9 Å². The third-order valence-corrected chi connectivity index (χ3v) is 9.59. The number of hydrogen-bond donors (Lipinski definition) is 3. The molecular weight excluding hydrogens is 578 g/mol. The van der Waals surface area contributed by atoms with Crippen molar-refractivity contribution in [3.8, 4) is 11.4 Å². The highest BCUT2D eigenvalue weighted by Crippen LogP contribution is 2.43. The molecule has 2 amide bonds. The van der Waals surface area contributed by atoms with E-state index < -0.39 is 11.5 Å². The van der Waals surface area contributed by atoms with Crippen molar-refractivity contribution in [2.24, 2.45) is 7.05 Å². The number of carbonyl (C=O) groups excluding carboxylic acids is 2. The van der Waals surface area contributed by atoms with E-state index in [9.17, 15) is 14.4 Å². The highest BCUT2D eigenvalue weighted by molar-refractivity contribution is 6.06. The molecule has 1 saturated carbocycles. The lowest BCUT2D eigenvalue weighted by molar-refractivity contribution is -0.131. The van der Waals surface area contributed by atoms with E-state index in [0.717, 1.165) is 47.8 Å². The number of aromatic nitrogens is 2. The molecule has 9 heteroatoms. The van der Waals surface area contributed by atoms with E-state index in [4.69, 9.17) is 10.1 Å². The molecule has 0 bridgehead atoms. The molecule has 1 atom stereocenters. The normalized spacial score (nSPS) is 19.1. The zero-order chi connectivity index (χ0) is 32.3. The fourth-order valence-electron chi connectivity index (χ4n) is 7.11. The quantitative estimate of drug-likeness (QED) is 0.192. The van der Waals surface area contributed by atoms with Gasteiger partial charge in [-0.25, -0.2) is 4.79 Å². The van der Waals surface area contributed by atoms with E-state index in [-0.39, 0.29) is 11.8 Å². The number of anilines is 1. The van der Waals surface area contributed by atoms with Gasteiger partial charge in [-0.2, -0.15) is 0 Å². The van der Waals surface area contributed by atoms with Crippen LogP contribution in [0.5, 0.6) is 0 Å². The second kappa shape index (κ2) is 13.3. The Hall–Kier alpha value is -4.76. The van der Waals surface area contributed by atoms with Crippen LogP contribution in [-0.4, -0.2) is 62.5 Å². The van der Waals surface area contributed by atoms with Gasteiger partial charge < -0.3 is 25.2 Å². The number of fused-ring (bicyclic) bond motifs is 1. The number of aliphatic carboxylic acids is 1. The Kier molecular flexibility index (Phi) is 9.03. The Morgan fingerprint density at radius 1 is 1.04 bits per heavy atom. The van der Waals surface area contributed by atoms with Crippen LogP contribution in [0.3, 0.4) is 0 Å². The van der Waals surface area contributed by atoms with Crippen LogP contribution < -0.4 is 10.6 Å². The molecule has 1 aliphatic heterocycles. The highest BCUT2D eigenvalue weighted by atomic mass is 16.4. The van der Waals surface area contributed by atoms with Gasteiger partial charge in [0, 0.05) is 54.6 Å². The Labute approximate surface area is 269 Å². The number of pyridine rings is 1. The number of amides is 2. The maximum atomic E-state index is 14.0. The van der Waals surface area contributed by atoms with Crippen LogP contribution in [0.1, 0.15) is 72.9 Å². The van der Waals surface area contributed by atoms with Crippen molar-refractivity contribution in [3.05, 3.63) is 89.6 Å². The summed E-state index contributed by atoms with van der Waals surface area (Å²) < 4.78 is 2.17. The molecule has 0 radical (unpaired) electrons. The molecule has 46 heavy (non-hydrogen) atoms. The number of carboxylic acids is 1. The van der Waals surface area contributed by atoms with Gasteiger partial charge in [0.1, 0.15) is 5.54 Å². The zero-order valence-electron chi connectivity index (χ0n) is 26.5. The highest BCUT2D eigenvalue weighted by Gasteiger charge is 2.45. The molecule has 1 saturated heterocycles. The average molecular weight is 620 g/mol. The number of benzene rings is 2. The Balaban J connectivity index is 1.30. The van der Waals surface area contributed by atoms with E-state index in [1.807, 2.05) is 44.4 Å². The zero-order valence-corrected chi connectivity index (χ0v) is 26.5. The summed E-state index contributed by atoms with van der Waals surface area (Å²) in [6.07, 6.45) is 10.9.